The van der Waals surface area contributed by atoms with E-state index in [1.165, 1.54) is 0 Å². The third-order valence-electron chi connectivity index (χ3n) is 4.65. The van der Waals surface area contributed by atoms with E-state index in [0.29, 0.717) is 22.7 Å². The molecule has 3 aromatic carbocycles. The Bertz CT molecular complexity index is 1150. The SMILES string of the molecule is COc1cc(OC)cc(C(=O)Nc2ccc(-c3ccc4ccccc4n3)cc2)c1. The molecule has 1 N–H and O–H groups in total. The van der Waals surface area contributed by atoms with E-state index >= 15 is 0 Å². The summed E-state index contributed by atoms with van der Waals surface area (Å²) in [5, 5.41) is 4.00. The number of para-hydroxylation sites is 1. The lowest BCUT2D eigenvalue weighted by atomic mass is 10.1. The zero-order valence-electron chi connectivity index (χ0n) is 16.2. The quantitative estimate of drug-likeness (QED) is 0.516. The van der Waals surface area contributed by atoms with Gasteiger partial charge in [-0.15, -0.1) is 0 Å². The summed E-state index contributed by atoms with van der Waals surface area (Å²) in [4.78, 5) is 17.3. The third-order valence-corrected chi connectivity index (χ3v) is 4.65. The smallest absolute Gasteiger partial charge is 0.255 e. The van der Waals surface area contributed by atoms with Crippen LogP contribution in [0.25, 0.3) is 22.2 Å². The molecule has 5 nitrogen and oxygen atoms in total. The van der Waals surface area contributed by atoms with Crippen molar-refractivity contribution in [3.05, 3.63) is 84.4 Å². The first-order valence-corrected chi connectivity index (χ1v) is 9.17. The second kappa shape index (κ2) is 8.02. The molecule has 4 aromatic rings. The maximum Gasteiger partial charge on any atom is 0.255 e. The Labute approximate surface area is 168 Å². The second-order valence-electron chi connectivity index (χ2n) is 6.52. The van der Waals surface area contributed by atoms with Gasteiger partial charge in [0.05, 0.1) is 25.4 Å². The van der Waals surface area contributed by atoms with Crippen molar-refractivity contribution in [2.24, 2.45) is 0 Å². The molecule has 0 aliphatic carbocycles. The van der Waals surface area contributed by atoms with Gasteiger partial charge >= 0.3 is 0 Å². The lowest BCUT2D eigenvalue weighted by Crippen LogP contribution is -2.12. The maximum absolute atomic E-state index is 12.6. The average Bonchev–Trinajstić information content (AvgIpc) is 2.78. The molecule has 1 amide bonds. The van der Waals surface area contributed by atoms with Crippen molar-refractivity contribution in [1.29, 1.82) is 0 Å². The zero-order valence-corrected chi connectivity index (χ0v) is 16.2. The van der Waals surface area contributed by atoms with Gasteiger partial charge in [-0.25, -0.2) is 4.98 Å². The summed E-state index contributed by atoms with van der Waals surface area (Å²) in [7, 11) is 3.10. The van der Waals surface area contributed by atoms with Gasteiger partial charge in [0.1, 0.15) is 11.5 Å². The van der Waals surface area contributed by atoms with Crippen molar-refractivity contribution in [1.82, 2.24) is 4.98 Å². The van der Waals surface area contributed by atoms with E-state index in [4.69, 9.17) is 14.5 Å². The van der Waals surface area contributed by atoms with Crippen LogP contribution in [-0.4, -0.2) is 25.1 Å². The molecule has 1 aromatic heterocycles. The van der Waals surface area contributed by atoms with Crippen molar-refractivity contribution >= 4 is 22.5 Å². The highest BCUT2D eigenvalue weighted by atomic mass is 16.5. The van der Waals surface area contributed by atoms with Gasteiger partial charge in [-0.2, -0.15) is 0 Å². The number of pyridine rings is 1. The Balaban J connectivity index is 1.54. The minimum Gasteiger partial charge on any atom is -0.497 e. The Hall–Kier alpha value is -3.86. The van der Waals surface area contributed by atoms with Crippen LogP contribution < -0.4 is 14.8 Å². The number of benzene rings is 3. The van der Waals surface area contributed by atoms with E-state index in [0.717, 1.165) is 22.2 Å². The van der Waals surface area contributed by atoms with Gasteiger partial charge in [0.15, 0.2) is 0 Å². The van der Waals surface area contributed by atoms with Crippen LogP contribution in [0.5, 0.6) is 11.5 Å². The maximum atomic E-state index is 12.6. The molecule has 0 saturated heterocycles. The summed E-state index contributed by atoms with van der Waals surface area (Å²) in [5.74, 6) is 0.887. The highest BCUT2D eigenvalue weighted by molar-refractivity contribution is 6.04. The van der Waals surface area contributed by atoms with E-state index in [-0.39, 0.29) is 5.91 Å². The normalized spacial score (nSPS) is 10.6. The molecule has 0 aliphatic heterocycles. The van der Waals surface area contributed by atoms with Crippen LogP contribution in [0.4, 0.5) is 5.69 Å². The Morgan fingerprint density at radius 1 is 0.828 bits per heavy atom. The van der Waals surface area contributed by atoms with Gasteiger partial charge in [-0.3, -0.25) is 4.79 Å². The molecule has 5 heteroatoms. The number of carbonyl (C=O) groups is 1. The van der Waals surface area contributed by atoms with E-state index in [2.05, 4.69) is 11.4 Å². The van der Waals surface area contributed by atoms with Crippen LogP contribution in [0.3, 0.4) is 0 Å². The summed E-state index contributed by atoms with van der Waals surface area (Å²) in [5.41, 5.74) is 3.98. The number of aromatic nitrogens is 1. The molecule has 4 rings (SSSR count). The fourth-order valence-electron chi connectivity index (χ4n) is 3.09. The molecule has 144 valence electrons. The van der Waals surface area contributed by atoms with Crippen LogP contribution in [-0.2, 0) is 0 Å². The van der Waals surface area contributed by atoms with Gasteiger partial charge in [-0.1, -0.05) is 36.4 Å². The number of hydrogen-bond donors (Lipinski definition) is 1. The summed E-state index contributed by atoms with van der Waals surface area (Å²) < 4.78 is 10.5. The number of ether oxygens (including phenoxy) is 2. The monoisotopic (exact) mass is 384 g/mol. The van der Waals surface area contributed by atoms with Crippen LogP contribution in [0.15, 0.2) is 78.9 Å². The molecule has 0 unspecified atom stereocenters. The number of fused-ring (bicyclic) bond motifs is 1. The van der Waals surface area contributed by atoms with Crippen LogP contribution >= 0.6 is 0 Å². The van der Waals surface area contributed by atoms with Crippen molar-refractivity contribution in [3.8, 4) is 22.8 Å². The number of nitrogens with zero attached hydrogens (tertiary/aromatic N) is 1. The molecule has 0 radical (unpaired) electrons. The molecular weight excluding hydrogens is 364 g/mol. The molecule has 0 fully saturated rings. The number of methoxy groups -OCH3 is 2. The van der Waals surface area contributed by atoms with Crippen LogP contribution in [0.2, 0.25) is 0 Å². The van der Waals surface area contributed by atoms with Gasteiger partial charge in [-0.05, 0) is 36.4 Å². The predicted molar refractivity (Wildman–Crippen MR) is 115 cm³/mol. The zero-order chi connectivity index (χ0) is 20.2. The highest BCUT2D eigenvalue weighted by Crippen LogP contribution is 2.25. The molecule has 0 spiro atoms. The van der Waals surface area contributed by atoms with Gasteiger partial charge in [0.2, 0.25) is 0 Å². The number of hydrogen-bond acceptors (Lipinski definition) is 4. The molecule has 0 saturated carbocycles. The molecule has 0 bridgehead atoms. The standard InChI is InChI=1S/C24H20N2O3/c1-28-20-13-18(14-21(15-20)29-2)24(27)25-19-10-7-17(8-11-19)23-12-9-16-5-3-4-6-22(16)26-23/h3-15H,1-2H3,(H,25,27). The Kier molecular flexibility index (Phi) is 5.12. The second-order valence-corrected chi connectivity index (χ2v) is 6.52. The van der Waals surface area contributed by atoms with E-state index < -0.39 is 0 Å². The van der Waals surface area contributed by atoms with Crippen molar-refractivity contribution in [2.45, 2.75) is 0 Å². The predicted octanol–water partition coefficient (Wildman–Crippen LogP) is 5.17. The van der Waals surface area contributed by atoms with Crippen LogP contribution in [0.1, 0.15) is 10.4 Å². The van der Waals surface area contributed by atoms with E-state index in [1.54, 1.807) is 32.4 Å². The first-order valence-electron chi connectivity index (χ1n) is 9.17. The number of amides is 1. The molecular formula is C24H20N2O3. The Morgan fingerprint density at radius 3 is 2.21 bits per heavy atom. The summed E-state index contributed by atoms with van der Waals surface area (Å²) in [6.45, 7) is 0. The highest BCUT2D eigenvalue weighted by Gasteiger charge is 2.11. The minimum absolute atomic E-state index is 0.237. The molecule has 1 heterocycles. The first-order chi connectivity index (χ1) is 14.2. The average molecular weight is 384 g/mol. The lowest BCUT2D eigenvalue weighted by molar-refractivity contribution is 0.102. The largest absolute Gasteiger partial charge is 0.497 e. The van der Waals surface area contributed by atoms with Crippen molar-refractivity contribution < 1.29 is 14.3 Å². The lowest BCUT2D eigenvalue weighted by Gasteiger charge is -2.10. The fraction of sp³-hybridized carbons (Fsp3) is 0.0833. The van der Waals surface area contributed by atoms with Crippen molar-refractivity contribution in [2.75, 3.05) is 19.5 Å². The van der Waals surface area contributed by atoms with Crippen molar-refractivity contribution in [3.63, 3.8) is 0 Å². The summed E-state index contributed by atoms with van der Waals surface area (Å²) in [6, 6.07) is 24.7. The number of nitrogens with one attached hydrogen (secondary N) is 1. The summed E-state index contributed by atoms with van der Waals surface area (Å²) >= 11 is 0. The third kappa shape index (κ3) is 4.04. The van der Waals surface area contributed by atoms with Crippen LogP contribution in [0, 0.1) is 0 Å². The van der Waals surface area contributed by atoms with Gasteiger partial charge < -0.3 is 14.8 Å². The van der Waals surface area contributed by atoms with Gasteiger partial charge in [0.25, 0.3) is 5.91 Å². The topological polar surface area (TPSA) is 60.5 Å². The summed E-state index contributed by atoms with van der Waals surface area (Å²) in [6.07, 6.45) is 0. The Morgan fingerprint density at radius 2 is 1.52 bits per heavy atom. The number of anilines is 1. The van der Waals surface area contributed by atoms with Gasteiger partial charge in [0, 0.05) is 28.3 Å². The molecule has 29 heavy (non-hydrogen) atoms. The number of rotatable bonds is 5. The molecule has 0 aliphatic rings. The first kappa shape index (κ1) is 18.5. The number of carbonyl (C=O) groups excluding carboxylic acids is 1. The fourth-order valence-corrected chi connectivity index (χ4v) is 3.09. The van der Waals surface area contributed by atoms with E-state index in [1.807, 2.05) is 54.6 Å². The minimum atomic E-state index is -0.237. The molecule has 0 atom stereocenters. The van der Waals surface area contributed by atoms with E-state index in [9.17, 15) is 4.79 Å².